The van der Waals surface area contributed by atoms with Crippen molar-refractivity contribution in [2.24, 2.45) is 0 Å². The van der Waals surface area contributed by atoms with Gasteiger partial charge in [-0.1, -0.05) is 18.2 Å². The van der Waals surface area contributed by atoms with Gasteiger partial charge >= 0.3 is 5.97 Å². The first-order valence-electron chi connectivity index (χ1n) is 6.13. The first kappa shape index (κ1) is 13.5. The van der Waals surface area contributed by atoms with Gasteiger partial charge in [0, 0.05) is 11.2 Å². The third-order valence-corrected chi connectivity index (χ3v) is 3.68. The summed E-state index contributed by atoms with van der Waals surface area (Å²) in [6, 6.07) is 9.70. The molecule has 0 saturated carbocycles. The summed E-state index contributed by atoms with van der Waals surface area (Å²) in [5.41, 5.74) is 0. The molecule has 1 N–H and O–H groups in total. The van der Waals surface area contributed by atoms with Crippen molar-refractivity contribution in [3.8, 4) is 0 Å². The van der Waals surface area contributed by atoms with E-state index in [-0.39, 0.29) is 18.3 Å². The van der Waals surface area contributed by atoms with Crippen LogP contribution in [-0.2, 0) is 9.53 Å². The number of fused-ring (bicyclic) bond motifs is 1. The quantitative estimate of drug-likeness (QED) is 0.855. The van der Waals surface area contributed by atoms with Crippen molar-refractivity contribution in [3.05, 3.63) is 35.2 Å². The van der Waals surface area contributed by atoms with Crippen LogP contribution in [0.2, 0.25) is 0 Å². The molecule has 2 aromatic rings. The van der Waals surface area contributed by atoms with E-state index in [4.69, 9.17) is 4.74 Å². The van der Waals surface area contributed by atoms with Gasteiger partial charge in [-0.05, 0) is 24.4 Å². The number of esters is 1. The number of hydrogen-bond acceptors (Lipinski definition) is 4. The van der Waals surface area contributed by atoms with Crippen LogP contribution in [-0.4, -0.2) is 25.0 Å². The minimum absolute atomic E-state index is 0.148. The molecule has 0 radical (unpaired) electrons. The predicted molar refractivity (Wildman–Crippen MR) is 75.4 cm³/mol. The van der Waals surface area contributed by atoms with Crippen molar-refractivity contribution < 1.29 is 14.3 Å². The lowest BCUT2D eigenvalue weighted by Gasteiger charge is -2.03. The van der Waals surface area contributed by atoms with Crippen LogP contribution in [0.4, 0.5) is 0 Å². The molecular formula is C14H15NO3S. The molecule has 100 valence electrons. The highest BCUT2D eigenvalue weighted by molar-refractivity contribution is 7.20. The molecule has 1 heterocycles. The smallest absolute Gasteiger partial charge is 0.307 e. The number of thiophene rings is 1. The van der Waals surface area contributed by atoms with Gasteiger partial charge in [-0.15, -0.1) is 11.3 Å². The minimum Gasteiger partial charge on any atom is -0.466 e. The molecule has 4 nitrogen and oxygen atoms in total. The van der Waals surface area contributed by atoms with Gasteiger partial charge in [0.25, 0.3) is 5.91 Å². The standard InChI is InChI=1S/C14H15NO3S/c1-2-18-13(16)7-8-15-14(17)12-9-10-5-3-4-6-11(10)19-12/h3-6,9H,2,7-8H2,1H3,(H,15,17). The number of hydrogen-bond donors (Lipinski definition) is 1. The number of nitrogens with one attached hydrogen (secondary N) is 1. The maximum Gasteiger partial charge on any atom is 0.307 e. The van der Waals surface area contributed by atoms with E-state index in [0.717, 1.165) is 10.1 Å². The Morgan fingerprint density at radius 1 is 1.32 bits per heavy atom. The summed E-state index contributed by atoms with van der Waals surface area (Å²) in [7, 11) is 0. The molecule has 1 amide bonds. The van der Waals surface area contributed by atoms with Crippen LogP contribution >= 0.6 is 11.3 Å². The molecule has 0 saturated heterocycles. The lowest BCUT2D eigenvalue weighted by atomic mass is 10.2. The molecular weight excluding hydrogens is 262 g/mol. The Kier molecular flexibility index (Phi) is 4.52. The summed E-state index contributed by atoms with van der Waals surface area (Å²) >= 11 is 1.45. The van der Waals surface area contributed by atoms with Gasteiger partial charge in [-0.25, -0.2) is 0 Å². The zero-order valence-electron chi connectivity index (χ0n) is 10.6. The first-order chi connectivity index (χ1) is 9.20. The highest BCUT2D eigenvalue weighted by Crippen LogP contribution is 2.24. The summed E-state index contributed by atoms with van der Waals surface area (Å²) in [4.78, 5) is 23.7. The summed E-state index contributed by atoms with van der Waals surface area (Å²) in [5.74, 6) is -0.440. The maximum absolute atomic E-state index is 11.9. The van der Waals surface area contributed by atoms with Crippen molar-refractivity contribution in [2.75, 3.05) is 13.2 Å². The van der Waals surface area contributed by atoms with Crippen molar-refractivity contribution in [2.45, 2.75) is 13.3 Å². The second kappa shape index (κ2) is 6.33. The highest BCUT2D eigenvalue weighted by atomic mass is 32.1. The Bertz CT molecular complexity index is 558. The van der Waals surface area contributed by atoms with Gasteiger partial charge in [0.05, 0.1) is 17.9 Å². The van der Waals surface area contributed by atoms with E-state index in [0.29, 0.717) is 18.0 Å². The molecule has 5 heteroatoms. The first-order valence-corrected chi connectivity index (χ1v) is 6.94. The van der Waals surface area contributed by atoms with Crippen molar-refractivity contribution in [1.82, 2.24) is 5.32 Å². The molecule has 1 aromatic carbocycles. The fourth-order valence-electron chi connectivity index (χ4n) is 1.69. The SMILES string of the molecule is CCOC(=O)CCNC(=O)c1cc2ccccc2s1. The summed E-state index contributed by atoms with van der Waals surface area (Å²) in [5, 5.41) is 3.78. The molecule has 0 unspecified atom stereocenters. The number of rotatable bonds is 5. The van der Waals surface area contributed by atoms with Gasteiger partial charge in [-0.3, -0.25) is 9.59 Å². The Hall–Kier alpha value is -1.88. The molecule has 0 spiro atoms. The van der Waals surface area contributed by atoms with E-state index >= 15 is 0 Å². The second-order valence-corrected chi connectivity index (χ2v) is 5.04. The number of carbonyl (C=O) groups is 2. The maximum atomic E-state index is 11.9. The Morgan fingerprint density at radius 3 is 2.84 bits per heavy atom. The zero-order chi connectivity index (χ0) is 13.7. The minimum atomic E-state index is -0.292. The monoisotopic (exact) mass is 277 g/mol. The van der Waals surface area contributed by atoms with Gasteiger partial charge in [0.1, 0.15) is 0 Å². The molecule has 2 rings (SSSR count). The average molecular weight is 277 g/mol. The topological polar surface area (TPSA) is 55.4 Å². The molecule has 0 fully saturated rings. The van der Waals surface area contributed by atoms with Gasteiger partial charge in [-0.2, -0.15) is 0 Å². The predicted octanol–water partition coefficient (Wildman–Crippen LogP) is 2.58. The molecule has 19 heavy (non-hydrogen) atoms. The van der Waals surface area contributed by atoms with Crippen LogP contribution in [0.15, 0.2) is 30.3 Å². The molecule has 0 atom stereocenters. The van der Waals surface area contributed by atoms with E-state index in [2.05, 4.69) is 5.32 Å². The van der Waals surface area contributed by atoms with Crippen LogP contribution in [0.1, 0.15) is 23.0 Å². The number of benzene rings is 1. The summed E-state index contributed by atoms with van der Waals surface area (Å²) < 4.78 is 5.87. The fraction of sp³-hybridized carbons (Fsp3) is 0.286. The molecule has 0 bridgehead atoms. The van der Waals surface area contributed by atoms with Crippen LogP contribution in [0.5, 0.6) is 0 Å². The lowest BCUT2D eigenvalue weighted by Crippen LogP contribution is -2.25. The number of carbonyl (C=O) groups excluding carboxylic acids is 2. The molecule has 0 aliphatic heterocycles. The molecule has 0 aliphatic carbocycles. The highest BCUT2D eigenvalue weighted by Gasteiger charge is 2.10. The van der Waals surface area contributed by atoms with E-state index in [1.54, 1.807) is 6.92 Å². The number of amides is 1. The van der Waals surface area contributed by atoms with Crippen molar-refractivity contribution >= 4 is 33.3 Å². The summed E-state index contributed by atoms with van der Waals surface area (Å²) in [6.45, 7) is 2.42. The Labute approximate surface area is 115 Å². The fourth-order valence-corrected chi connectivity index (χ4v) is 2.67. The number of ether oxygens (including phenoxy) is 1. The zero-order valence-corrected chi connectivity index (χ0v) is 11.5. The Balaban J connectivity index is 1.91. The largest absolute Gasteiger partial charge is 0.466 e. The van der Waals surface area contributed by atoms with Crippen molar-refractivity contribution in [1.29, 1.82) is 0 Å². The third-order valence-electron chi connectivity index (χ3n) is 2.57. The van der Waals surface area contributed by atoms with Gasteiger partial charge in [0.15, 0.2) is 0 Å². The van der Waals surface area contributed by atoms with Gasteiger partial charge in [0.2, 0.25) is 0 Å². The normalized spacial score (nSPS) is 10.4. The van der Waals surface area contributed by atoms with Crippen molar-refractivity contribution in [3.63, 3.8) is 0 Å². The lowest BCUT2D eigenvalue weighted by molar-refractivity contribution is -0.142. The molecule has 0 aliphatic rings. The average Bonchev–Trinajstić information content (AvgIpc) is 2.82. The van der Waals surface area contributed by atoms with E-state index in [1.807, 2.05) is 30.3 Å². The van der Waals surface area contributed by atoms with Gasteiger partial charge < -0.3 is 10.1 Å². The van der Waals surface area contributed by atoms with E-state index in [1.165, 1.54) is 11.3 Å². The molecule has 1 aromatic heterocycles. The summed E-state index contributed by atoms with van der Waals surface area (Å²) in [6.07, 6.45) is 0.199. The van der Waals surface area contributed by atoms with E-state index in [9.17, 15) is 9.59 Å². The van der Waals surface area contributed by atoms with Crippen LogP contribution in [0.25, 0.3) is 10.1 Å². The second-order valence-electron chi connectivity index (χ2n) is 3.96. The van der Waals surface area contributed by atoms with E-state index < -0.39 is 0 Å². The van der Waals surface area contributed by atoms with Crippen LogP contribution in [0.3, 0.4) is 0 Å². The van der Waals surface area contributed by atoms with Crippen LogP contribution < -0.4 is 5.32 Å². The third kappa shape index (κ3) is 3.54. The van der Waals surface area contributed by atoms with Crippen LogP contribution in [0, 0.1) is 0 Å². The Morgan fingerprint density at radius 2 is 2.11 bits per heavy atom.